The summed E-state index contributed by atoms with van der Waals surface area (Å²) >= 11 is 0. The van der Waals surface area contributed by atoms with E-state index in [0.29, 0.717) is 13.1 Å². The van der Waals surface area contributed by atoms with Gasteiger partial charge in [0.2, 0.25) is 18.6 Å². The van der Waals surface area contributed by atoms with Crippen molar-refractivity contribution in [2.75, 3.05) is 37.9 Å². The molecule has 0 atom stereocenters. The van der Waals surface area contributed by atoms with E-state index >= 15 is 0 Å². The largest absolute Gasteiger partial charge is 0.454 e. The molecule has 3 N–H and O–H groups in total. The fourth-order valence-electron chi connectivity index (χ4n) is 2.75. The molecule has 3 rings (SSSR count). The number of hydrogen-bond acceptors (Lipinski definition) is 6. The SMILES string of the molecule is NNC(=O)CCC(=O)N1CCN(c2ccc3c(c2)OCO3)CC1. The highest BCUT2D eigenvalue weighted by Gasteiger charge is 2.23. The second kappa shape index (κ2) is 6.74. The van der Waals surface area contributed by atoms with Crippen LogP contribution in [0.3, 0.4) is 0 Å². The first-order valence-corrected chi connectivity index (χ1v) is 7.59. The van der Waals surface area contributed by atoms with Crippen molar-refractivity contribution in [3.05, 3.63) is 18.2 Å². The molecule has 0 radical (unpaired) electrons. The molecule has 8 heteroatoms. The first-order chi connectivity index (χ1) is 11.2. The van der Waals surface area contributed by atoms with E-state index in [1.165, 1.54) is 0 Å². The average molecular weight is 320 g/mol. The standard InChI is InChI=1S/C15H20N4O4/c16-17-14(20)3-4-15(21)19-7-5-18(6-8-19)11-1-2-12-13(9-11)23-10-22-12/h1-2,9H,3-8,10,16H2,(H,17,20). The molecule has 1 fully saturated rings. The van der Waals surface area contributed by atoms with Crippen LogP contribution in [0.25, 0.3) is 0 Å². The fourth-order valence-corrected chi connectivity index (χ4v) is 2.75. The van der Waals surface area contributed by atoms with Crippen LogP contribution < -0.4 is 25.6 Å². The lowest BCUT2D eigenvalue weighted by Gasteiger charge is -2.36. The molecule has 2 amide bonds. The van der Waals surface area contributed by atoms with Crippen molar-refractivity contribution >= 4 is 17.5 Å². The monoisotopic (exact) mass is 320 g/mol. The van der Waals surface area contributed by atoms with Crippen LogP contribution in [0.2, 0.25) is 0 Å². The number of piperazine rings is 1. The second-order valence-corrected chi connectivity index (χ2v) is 5.47. The van der Waals surface area contributed by atoms with Crippen molar-refractivity contribution in [2.45, 2.75) is 12.8 Å². The molecular weight excluding hydrogens is 300 g/mol. The van der Waals surface area contributed by atoms with Crippen LogP contribution in [0.15, 0.2) is 18.2 Å². The Kier molecular flexibility index (Phi) is 4.52. The maximum atomic E-state index is 12.1. The van der Waals surface area contributed by atoms with E-state index in [-0.39, 0.29) is 31.4 Å². The zero-order chi connectivity index (χ0) is 16.2. The van der Waals surface area contributed by atoms with Crippen molar-refractivity contribution < 1.29 is 19.1 Å². The zero-order valence-electron chi connectivity index (χ0n) is 12.8. The third-order valence-corrected chi connectivity index (χ3v) is 4.08. The fraction of sp³-hybridized carbons (Fsp3) is 0.467. The summed E-state index contributed by atoms with van der Waals surface area (Å²) in [5, 5.41) is 0. The van der Waals surface area contributed by atoms with Crippen LogP contribution in [0, 0.1) is 0 Å². The van der Waals surface area contributed by atoms with Crippen molar-refractivity contribution in [1.29, 1.82) is 0 Å². The lowest BCUT2D eigenvalue weighted by Crippen LogP contribution is -2.49. The molecular formula is C15H20N4O4. The average Bonchev–Trinajstić information content (AvgIpc) is 3.07. The summed E-state index contributed by atoms with van der Waals surface area (Å²) in [5.74, 6) is 6.19. The van der Waals surface area contributed by atoms with Crippen LogP contribution >= 0.6 is 0 Å². The number of fused-ring (bicyclic) bond motifs is 1. The van der Waals surface area contributed by atoms with E-state index in [9.17, 15) is 9.59 Å². The normalized spacial score (nSPS) is 16.4. The lowest BCUT2D eigenvalue weighted by atomic mass is 10.2. The molecule has 23 heavy (non-hydrogen) atoms. The third-order valence-electron chi connectivity index (χ3n) is 4.08. The summed E-state index contributed by atoms with van der Waals surface area (Å²) in [6, 6.07) is 5.86. The van der Waals surface area contributed by atoms with E-state index < -0.39 is 0 Å². The minimum atomic E-state index is -0.322. The molecule has 0 aromatic heterocycles. The van der Waals surface area contributed by atoms with Crippen molar-refractivity contribution in [2.24, 2.45) is 5.84 Å². The van der Waals surface area contributed by atoms with Gasteiger partial charge in [-0.25, -0.2) is 5.84 Å². The van der Waals surface area contributed by atoms with Crippen LogP contribution in [0.5, 0.6) is 11.5 Å². The summed E-state index contributed by atoms with van der Waals surface area (Å²) < 4.78 is 10.7. The minimum Gasteiger partial charge on any atom is -0.454 e. The Hall–Kier alpha value is -2.48. The third kappa shape index (κ3) is 3.48. The summed E-state index contributed by atoms with van der Waals surface area (Å²) in [6.45, 7) is 3.02. The topological polar surface area (TPSA) is 97.1 Å². The lowest BCUT2D eigenvalue weighted by molar-refractivity contribution is -0.133. The van der Waals surface area contributed by atoms with E-state index in [1.807, 2.05) is 23.6 Å². The molecule has 8 nitrogen and oxygen atoms in total. The van der Waals surface area contributed by atoms with Gasteiger partial charge in [0.25, 0.3) is 0 Å². The summed E-state index contributed by atoms with van der Waals surface area (Å²) in [7, 11) is 0. The van der Waals surface area contributed by atoms with Gasteiger partial charge >= 0.3 is 0 Å². The van der Waals surface area contributed by atoms with Crippen LogP contribution in [-0.2, 0) is 9.59 Å². The highest BCUT2D eigenvalue weighted by Crippen LogP contribution is 2.35. The summed E-state index contributed by atoms with van der Waals surface area (Å²) in [6.07, 6.45) is 0.310. The smallest absolute Gasteiger partial charge is 0.234 e. The number of hydrazine groups is 1. The molecule has 0 spiro atoms. The van der Waals surface area contributed by atoms with Crippen LogP contribution in [0.1, 0.15) is 12.8 Å². The number of anilines is 1. The number of benzene rings is 1. The Balaban J connectivity index is 1.52. The number of ether oxygens (including phenoxy) is 2. The number of carbonyl (C=O) groups excluding carboxylic acids is 2. The maximum absolute atomic E-state index is 12.1. The van der Waals surface area contributed by atoms with Gasteiger partial charge in [0, 0.05) is 50.8 Å². The van der Waals surface area contributed by atoms with Crippen molar-refractivity contribution in [1.82, 2.24) is 10.3 Å². The summed E-state index contributed by atoms with van der Waals surface area (Å²) in [4.78, 5) is 27.1. The number of amides is 2. The first-order valence-electron chi connectivity index (χ1n) is 7.59. The molecule has 1 aromatic carbocycles. The molecule has 2 aliphatic heterocycles. The molecule has 0 unspecified atom stereocenters. The van der Waals surface area contributed by atoms with E-state index in [0.717, 1.165) is 30.3 Å². The Morgan fingerprint density at radius 2 is 1.83 bits per heavy atom. The maximum Gasteiger partial charge on any atom is 0.234 e. The van der Waals surface area contributed by atoms with Gasteiger partial charge in [-0.3, -0.25) is 15.0 Å². The number of carbonyl (C=O) groups is 2. The van der Waals surface area contributed by atoms with Gasteiger partial charge < -0.3 is 19.3 Å². The molecule has 1 saturated heterocycles. The number of nitrogens with two attached hydrogens (primary N) is 1. The van der Waals surface area contributed by atoms with E-state index in [4.69, 9.17) is 15.3 Å². The molecule has 0 aliphatic carbocycles. The number of hydrogen-bond donors (Lipinski definition) is 2. The molecule has 2 heterocycles. The van der Waals surface area contributed by atoms with Gasteiger partial charge in [-0.2, -0.15) is 0 Å². The van der Waals surface area contributed by atoms with Crippen LogP contribution in [-0.4, -0.2) is 49.7 Å². The number of nitrogens with zero attached hydrogens (tertiary/aromatic N) is 2. The van der Waals surface area contributed by atoms with Crippen LogP contribution in [0.4, 0.5) is 5.69 Å². The zero-order valence-corrected chi connectivity index (χ0v) is 12.8. The van der Waals surface area contributed by atoms with Gasteiger partial charge in [0.05, 0.1) is 0 Å². The minimum absolute atomic E-state index is 0.0149. The predicted molar refractivity (Wildman–Crippen MR) is 82.9 cm³/mol. The van der Waals surface area contributed by atoms with Crippen molar-refractivity contribution in [3.63, 3.8) is 0 Å². The molecule has 0 saturated carbocycles. The Bertz CT molecular complexity index is 599. The van der Waals surface area contributed by atoms with E-state index in [1.54, 1.807) is 4.90 Å². The van der Waals surface area contributed by atoms with Gasteiger partial charge in [0.15, 0.2) is 11.5 Å². The quantitative estimate of drug-likeness (QED) is 0.454. The van der Waals surface area contributed by atoms with Gasteiger partial charge in [-0.05, 0) is 12.1 Å². The molecule has 124 valence electrons. The molecule has 1 aromatic rings. The number of nitrogens with one attached hydrogen (secondary N) is 1. The van der Waals surface area contributed by atoms with Gasteiger partial charge in [-0.15, -0.1) is 0 Å². The number of rotatable bonds is 4. The molecule has 2 aliphatic rings. The Morgan fingerprint density at radius 1 is 1.09 bits per heavy atom. The predicted octanol–water partition coefficient (Wildman–Crippen LogP) is -0.166. The first kappa shape index (κ1) is 15.4. The Labute approximate surface area is 134 Å². The van der Waals surface area contributed by atoms with Gasteiger partial charge in [-0.1, -0.05) is 0 Å². The van der Waals surface area contributed by atoms with Gasteiger partial charge in [0.1, 0.15) is 0 Å². The Morgan fingerprint density at radius 3 is 2.57 bits per heavy atom. The van der Waals surface area contributed by atoms with Crippen molar-refractivity contribution in [3.8, 4) is 11.5 Å². The summed E-state index contributed by atoms with van der Waals surface area (Å²) in [5.41, 5.74) is 3.09. The highest BCUT2D eigenvalue weighted by molar-refractivity contribution is 5.83. The molecule has 0 bridgehead atoms. The highest BCUT2D eigenvalue weighted by atomic mass is 16.7. The van der Waals surface area contributed by atoms with E-state index in [2.05, 4.69) is 4.90 Å². The second-order valence-electron chi connectivity index (χ2n) is 5.47.